The van der Waals surface area contributed by atoms with E-state index in [0.29, 0.717) is 10.6 Å². The number of hydrogen-bond acceptors (Lipinski definition) is 7. The quantitative estimate of drug-likeness (QED) is 0.481. The second-order valence-corrected chi connectivity index (χ2v) is 9.56. The molecular formula is C20H25BrO7. The molecule has 0 aromatic carbocycles. The molecule has 1 spiro atoms. The number of carbonyl (C=O) groups excluding carboxylic acids is 1. The number of carbonyl (C=O) groups is 1. The maximum absolute atomic E-state index is 12.5. The molecule has 8 heteroatoms. The molecule has 6 rings (SSSR count). The summed E-state index contributed by atoms with van der Waals surface area (Å²) in [6, 6.07) is 3.23. The van der Waals surface area contributed by atoms with Crippen molar-refractivity contribution >= 4 is 21.9 Å². The van der Waals surface area contributed by atoms with Gasteiger partial charge in [0.1, 0.15) is 0 Å². The molecule has 5 aliphatic rings. The minimum Gasteiger partial charge on any atom is -0.442 e. The van der Waals surface area contributed by atoms with Gasteiger partial charge in [-0.15, -0.1) is 0 Å². The number of furan rings is 1. The van der Waals surface area contributed by atoms with Gasteiger partial charge in [-0.1, -0.05) is 13.8 Å². The van der Waals surface area contributed by atoms with E-state index in [1.807, 2.05) is 13.8 Å². The summed E-state index contributed by atoms with van der Waals surface area (Å²) in [4.78, 5) is 24.4. The first-order valence-corrected chi connectivity index (χ1v) is 10.8. The molecule has 0 amide bonds. The Labute approximate surface area is 172 Å². The Morgan fingerprint density at radius 2 is 2.00 bits per heavy atom. The van der Waals surface area contributed by atoms with Crippen molar-refractivity contribution in [1.29, 1.82) is 0 Å². The fraction of sp³-hybridized carbons (Fsp3) is 0.750. The van der Waals surface area contributed by atoms with Crippen molar-refractivity contribution in [3.05, 3.63) is 22.6 Å². The van der Waals surface area contributed by atoms with E-state index in [1.54, 1.807) is 12.1 Å². The highest BCUT2D eigenvalue weighted by Gasteiger charge is 2.69. The van der Waals surface area contributed by atoms with E-state index in [0.717, 1.165) is 25.7 Å². The predicted octanol–water partition coefficient (Wildman–Crippen LogP) is 4.41. The third-order valence-corrected chi connectivity index (χ3v) is 7.52. The van der Waals surface area contributed by atoms with Crippen LogP contribution in [0.5, 0.6) is 0 Å². The average molecular weight is 457 g/mol. The van der Waals surface area contributed by atoms with Gasteiger partial charge in [0.05, 0.1) is 0 Å². The lowest BCUT2D eigenvalue weighted by atomic mass is 9.58. The highest BCUT2D eigenvalue weighted by molar-refractivity contribution is 9.10. The summed E-state index contributed by atoms with van der Waals surface area (Å²) in [5.74, 6) is -0.463. The second-order valence-electron chi connectivity index (χ2n) is 8.78. The van der Waals surface area contributed by atoms with Crippen molar-refractivity contribution in [2.45, 2.75) is 70.4 Å². The van der Waals surface area contributed by atoms with Crippen molar-refractivity contribution in [2.75, 3.05) is 0 Å². The first kappa shape index (κ1) is 19.1. The number of hydrogen-bond donors (Lipinski definition) is 0. The van der Waals surface area contributed by atoms with Crippen LogP contribution in [0.2, 0.25) is 0 Å². The summed E-state index contributed by atoms with van der Waals surface area (Å²) in [6.45, 7) is 6.18. The Morgan fingerprint density at radius 3 is 2.75 bits per heavy atom. The van der Waals surface area contributed by atoms with E-state index in [1.165, 1.54) is 0 Å². The van der Waals surface area contributed by atoms with E-state index in [-0.39, 0.29) is 23.5 Å². The summed E-state index contributed by atoms with van der Waals surface area (Å²) in [7, 11) is 0. The lowest BCUT2D eigenvalue weighted by Crippen LogP contribution is -2.70. The average Bonchev–Trinajstić information content (AvgIpc) is 2.97. The zero-order chi connectivity index (χ0) is 19.7. The van der Waals surface area contributed by atoms with Crippen molar-refractivity contribution < 1.29 is 33.2 Å². The van der Waals surface area contributed by atoms with Crippen LogP contribution in [0.15, 0.2) is 21.2 Å². The van der Waals surface area contributed by atoms with Crippen molar-refractivity contribution in [3.8, 4) is 0 Å². The summed E-state index contributed by atoms with van der Waals surface area (Å²) in [5.41, 5.74) is -0.663. The van der Waals surface area contributed by atoms with Crippen LogP contribution < -0.4 is 0 Å². The molecule has 0 N–H and O–H groups in total. The molecular weight excluding hydrogens is 432 g/mol. The first-order chi connectivity index (χ1) is 13.3. The Morgan fingerprint density at radius 1 is 1.18 bits per heavy atom. The molecule has 28 heavy (non-hydrogen) atoms. The third-order valence-electron chi connectivity index (χ3n) is 7.09. The Bertz CT molecular complexity index is 780. The van der Waals surface area contributed by atoms with Crippen molar-refractivity contribution in [3.63, 3.8) is 0 Å². The fourth-order valence-electron chi connectivity index (χ4n) is 5.59. The monoisotopic (exact) mass is 456 g/mol. The highest BCUT2D eigenvalue weighted by Crippen LogP contribution is 2.60. The summed E-state index contributed by atoms with van der Waals surface area (Å²) < 4.78 is 24.0. The van der Waals surface area contributed by atoms with Crippen LogP contribution in [-0.2, 0) is 24.0 Å². The lowest BCUT2D eigenvalue weighted by molar-refractivity contribution is -0.576. The van der Waals surface area contributed by atoms with Gasteiger partial charge in [-0.2, -0.15) is 0 Å². The third kappa shape index (κ3) is 2.72. The molecule has 154 valence electrons. The number of fused-ring (bicyclic) bond motifs is 2. The van der Waals surface area contributed by atoms with Gasteiger partial charge >= 0.3 is 5.97 Å². The van der Waals surface area contributed by atoms with E-state index in [9.17, 15) is 4.79 Å². The van der Waals surface area contributed by atoms with E-state index in [4.69, 9.17) is 28.4 Å². The first-order valence-electron chi connectivity index (χ1n) is 9.99. The largest absolute Gasteiger partial charge is 0.442 e. The minimum absolute atomic E-state index is 0.0664. The van der Waals surface area contributed by atoms with Gasteiger partial charge in [-0.05, 0) is 66.1 Å². The van der Waals surface area contributed by atoms with Crippen molar-refractivity contribution in [2.24, 2.45) is 23.7 Å². The standard InChI is InChI=1S/C20H25BrO7/c1-10-4-5-13-11(2)17(24-16(22)14-6-7-15(21)23-14)25-18-20(13)12(10)8-9-19(3,26-18)27-28-20/h6-7,10-13,17-18H,4-5,8-9H2,1-3H3/t10-,11+,12+,13-,17-,18-,19-,20-/m1/s1. The molecule has 0 unspecified atom stereocenters. The molecule has 7 nitrogen and oxygen atoms in total. The van der Waals surface area contributed by atoms with Gasteiger partial charge in [-0.25, -0.2) is 14.6 Å². The van der Waals surface area contributed by atoms with Crippen LogP contribution in [0.3, 0.4) is 0 Å². The van der Waals surface area contributed by atoms with Crippen LogP contribution in [0, 0.1) is 23.7 Å². The Balaban J connectivity index is 1.45. The van der Waals surface area contributed by atoms with Crippen LogP contribution in [-0.4, -0.2) is 29.9 Å². The van der Waals surface area contributed by atoms with Crippen LogP contribution in [0.25, 0.3) is 0 Å². The van der Waals surface area contributed by atoms with Gasteiger partial charge in [0.2, 0.25) is 17.8 Å². The molecule has 5 fully saturated rings. The van der Waals surface area contributed by atoms with Crippen LogP contribution in [0.1, 0.15) is 57.0 Å². The lowest BCUT2D eigenvalue weighted by Gasteiger charge is -2.59. The smallest absolute Gasteiger partial charge is 0.376 e. The van der Waals surface area contributed by atoms with Gasteiger partial charge in [-0.3, -0.25) is 0 Å². The molecule has 1 aromatic heterocycles. The summed E-state index contributed by atoms with van der Waals surface area (Å²) >= 11 is 3.20. The van der Waals surface area contributed by atoms with Gasteiger partial charge < -0.3 is 18.6 Å². The Kier molecular flexibility index (Phi) is 4.45. The number of esters is 1. The fourth-order valence-corrected chi connectivity index (χ4v) is 5.90. The number of ether oxygens (including phenoxy) is 3. The molecule has 5 heterocycles. The molecule has 0 radical (unpaired) electrons. The van der Waals surface area contributed by atoms with Gasteiger partial charge in [0.15, 0.2) is 16.6 Å². The number of halogens is 1. The van der Waals surface area contributed by atoms with Gasteiger partial charge in [0.25, 0.3) is 0 Å². The molecule has 1 saturated carbocycles. The maximum atomic E-state index is 12.5. The topological polar surface area (TPSA) is 76.4 Å². The maximum Gasteiger partial charge on any atom is 0.376 e. The van der Waals surface area contributed by atoms with Crippen molar-refractivity contribution in [1.82, 2.24) is 0 Å². The molecule has 1 aromatic rings. The molecule has 2 bridgehead atoms. The highest BCUT2D eigenvalue weighted by atomic mass is 79.9. The van der Waals surface area contributed by atoms with E-state index in [2.05, 4.69) is 22.9 Å². The van der Waals surface area contributed by atoms with Crippen LogP contribution >= 0.6 is 15.9 Å². The molecule has 4 saturated heterocycles. The van der Waals surface area contributed by atoms with E-state index < -0.39 is 29.9 Å². The molecule has 4 aliphatic heterocycles. The normalized spacial score (nSPS) is 47.3. The second kappa shape index (κ2) is 6.54. The summed E-state index contributed by atoms with van der Waals surface area (Å²) in [6.07, 6.45) is 2.38. The summed E-state index contributed by atoms with van der Waals surface area (Å²) in [5, 5.41) is 0. The zero-order valence-corrected chi connectivity index (χ0v) is 17.8. The number of rotatable bonds is 2. The SMILES string of the molecule is C[C@@H]1[C@H](OC(=O)c2ccc(Br)o2)O[C@@H]2O[C@@]3(C)CC[C@H]4[C@H](C)CC[C@H]1[C@@]24OO3. The molecule has 8 atom stereocenters. The molecule has 1 aliphatic carbocycles. The van der Waals surface area contributed by atoms with Gasteiger partial charge in [0, 0.05) is 18.3 Å². The Hall–Kier alpha value is -0.930. The van der Waals surface area contributed by atoms with Crippen LogP contribution in [0.4, 0.5) is 0 Å². The minimum atomic E-state index is -0.849. The predicted molar refractivity (Wildman–Crippen MR) is 98.7 cm³/mol. The zero-order valence-electron chi connectivity index (χ0n) is 16.2. The van der Waals surface area contributed by atoms with E-state index >= 15 is 0 Å².